The third-order valence-electron chi connectivity index (χ3n) is 6.16. The average Bonchev–Trinajstić information content (AvgIpc) is 3.44. The highest BCUT2D eigenvalue weighted by molar-refractivity contribution is 6.30. The number of anilines is 1. The lowest BCUT2D eigenvalue weighted by Gasteiger charge is -2.28. The van der Waals surface area contributed by atoms with E-state index in [4.69, 9.17) is 16.3 Å². The van der Waals surface area contributed by atoms with Gasteiger partial charge in [-0.2, -0.15) is 4.98 Å². The first kappa shape index (κ1) is 20.9. The van der Waals surface area contributed by atoms with Gasteiger partial charge >= 0.3 is 0 Å². The van der Waals surface area contributed by atoms with E-state index in [2.05, 4.69) is 20.2 Å². The number of carbonyl (C=O) groups excluding carboxylic acids is 1. The Balaban J connectivity index is 1.34. The number of carbonyl (C=O) groups is 1. The number of hydrogen-bond donors (Lipinski definition) is 1. The Morgan fingerprint density at radius 3 is 2.53 bits per heavy atom. The second-order valence-electron chi connectivity index (χ2n) is 8.21. The van der Waals surface area contributed by atoms with Crippen LogP contribution in [0.1, 0.15) is 49.9 Å². The van der Waals surface area contributed by atoms with Crippen molar-refractivity contribution < 1.29 is 9.53 Å². The first-order chi connectivity index (χ1) is 14.6. The Morgan fingerprint density at radius 2 is 1.83 bits per heavy atom. The van der Waals surface area contributed by atoms with Crippen LogP contribution in [0.2, 0.25) is 5.02 Å². The van der Waals surface area contributed by atoms with Gasteiger partial charge in [0.2, 0.25) is 11.8 Å². The second-order valence-corrected chi connectivity index (χ2v) is 8.64. The fraction of sp³-hybridized carbons (Fsp3) is 0.522. The minimum Gasteiger partial charge on any atom is -0.476 e. The van der Waals surface area contributed by atoms with Crippen LogP contribution in [0.4, 0.5) is 5.82 Å². The summed E-state index contributed by atoms with van der Waals surface area (Å²) in [5.41, 5.74) is 0.587. The number of nitrogens with one attached hydrogen (secondary N) is 1. The molecule has 30 heavy (non-hydrogen) atoms. The van der Waals surface area contributed by atoms with E-state index < -0.39 is 5.41 Å². The average molecular weight is 429 g/mol. The molecule has 2 fully saturated rings. The van der Waals surface area contributed by atoms with Gasteiger partial charge in [-0.25, -0.2) is 4.98 Å². The summed E-state index contributed by atoms with van der Waals surface area (Å²) in [5, 5.41) is 3.77. The lowest BCUT2D eigenvalue weighted by molar-refractivity contribution is -0.126. The Kier molecular flexibility index (Phi) is 6.42. The molecule has 1 aromatic carbocycles. The highest BCUT2D eigenvalue weighted by atomic mass is 35.5. The van der Waals surface area contributed by atoms with Crippen molar-refractivity contribution in [2.75, 3.05) is 31.1 Å². The number of ether oxygens (including phenoxy) is 1. The summed E-state index contributed by atoms with van der Waals surface area (Å²) in [6.45, 7) is 4.75. The zero-order valence-corrected chi connectivity index (χ0v) is 18.2. The van der Waals surface area contributed by atoms with Crippen LogP contribution >= 0.6 is 11.6 Å². The van der Waals surface area contributed by atoms with Gasteiger partial charge < -0.3 is 15.0 Å². The Bertz CT molecular complexity index is 875. The Labute approximate surface area is 183 Å². The molecule has 1 saturated heterocycles. The summed E-state index contributed by atoms with van der Waals surface area (Å²) in [6, 6.07) is 9.58. The van der Waals surface area contributed by atoms with E-state index in [-0.39, 0.29) is 5.91 Å². The van der Waals surface area contributed by atoms with Crippen molar-refractivity contribution in [3.63, 3.8) is 0 Å². The Hall–Kier alpha value is -2.34. The topological polar surface area (TPSA) is 67.3 Å². The molecule has 0 bridgehead atoms. The molecule has 6 nitrogen and oxygen atoms in total. The third kappa shape index (κ3) is 4.53. The standard InChI is InChI=1S/C23H29ClN4O2/c1-17-26-20(28-13-4-5-14-28)16-21(27-17)30-15-12-25-22(29)23(10-2-3-11-23)18-6-8-19(24)9-7-18/h6-9,16H,2-5,10-15H2,1H3,(H,25,29). The summed E-state index contributed by atoms with van der Waals surface area (Å²) >= 11 is 6.04. The maximum atomic E-state index is 13.1. The van der Waals surface area contributed by atoms with Crippen LogP contribution in [0.5, 0.6) is 5.88 Å². The van der Waals surface area contributed by atoms with Gasteiger partial charge in [-0.05, 0) is 50.3 Å². The maximum Gasteiger partial charge on any atom is 0.230 e. The van der Waals surface area contributed by atoms with Crippen LogP contribution in [-0.2, 0) is 10.2 Å². The number of rotatable bonds is 7. The maximum absolute atomic E-state index is 13.1. The molecule has 1 saturated carbocycles. The molecular formula is C23H29ClN4O2. The number of benzene rings is 1. The molecule has 2 heterocycles. The van der Waals surface area contributed by atoms with Crippen molar-refractivity contribution in [2.24, 2.45) is 0 Å². The molecule has 0 unspecified atom stereocenters. The van der Waals surface area contributed by atoms with E-state index >= 15 is 0 Å². The van der Waals surface area contributed by atoms with E-state index in [9.17, 15) is 4.79 Å². The number of amides is 1. The van der Waals surface area contributed by atoms with Crippen molar-refractivity contribution in [1.29, 1.82) is 0 Å². The van der Waals surface area contributed by atoms with Gasteiger partial charge in [0, 0.05) is 24.2 Å². The molecule has 1 aromatic heterocycles. The van der Waals surface area contributed by atoms with Crippen LogP contribution in [0.25, 0.3) is 0 Å². The number of hydrogen-bond acceptors (Lipinski definition) is 5. The summed E-state index contributed by atoms with van der Waals surface area (Å²) in [7, 11) is 0. The van der Waals surface area contributed by atoms with Gasteiger partial charge in [0.25, 0.3) is 0 Å². The monoisotopic (exact) mass is 428 g/mol. The summed E-state index contributed by atoms with van der Waals surface area (Å²) in [5.74, 6) is 2.26. The highest BCUT2D eigenvalue weighted by Gasteiger charge is 2.42. The highest BCUT2D eigenvalue weighted by Crippen LogP contribution is 2.41. The lowest BCUT2D eigenvalue weighted by atomic mass is 9.78. The van der Waals surface area contributed by atoms with Crippen LogP contribution in [0.3, 0.4) is 0 Å². The smallest absolute Gasteiger partial charge is 0.230 e. The van der Waals surface area contributed by atoms with Crippen molar-refractivity contribution in [2.45, 2.75) is 50.9 Å². The molecule has 7 heteroatoms. The predicted molar refractivity (Wildman–Crippen MR) is 118 cm³/mol. The van der Waals surface area contributed by atoms with Crippen LogP contribution in [-0.4, -0.2) is 42.1 Å². The zero-order chi connectivity index (χ0) is 21.0. The molecule has 0 spiro atoms. The fourth-order valence-corrected chi connectivity index (χ4v) is 4.72. The van der Waals surface area contributed by atoms with E-state index in [1.165, 1.54) is 12.8 Å². The zero-order valence-electron chi connectivity index (χ0n) is 17.5. The van der Waals surface area contributed by atoms with E-state index in [0.717, 1.165) is 50.2 Å². The molecular weight excluding hydrogens is 400 g/mol. The minimum atomic E-state index is -0.459. The van der Waals surface area contributed by atoms with Gasteiger partial charge in [-0.3, -0.25) is 4.79 Å². The van der Waals surface area contributed by atoms with Crippen molar-refractivity contribution in [3.05, 3.63) is 46.7 Å². The molecule has 0 atom stereocenters. The first-order valence-corrected chi connectivity index (χ1v) is 11.2. The van der Waals surface area contributed by atoms with E-state index in [1.807, 2.05) is 37.3 Å². The second kappa shape index (κ2) is 9.21. The van der Waals surface area contributed by atoms with Crippen LogP contribution < -0.4 is 15.0 Å². The van der Waals surface area contributed by atoms with Gasteiger partial charge in [-0.1, -0.05) is 36.6 Å². The molecule has 1 N–H and O–H groups in total. The summed E-state index contributed by atoms with van der Waals surface area (Å²) in [4.78, 5) is 24.3. The van der Waals surface area contributed by atoms with Crippen molar-refractivity contribution in [1.82, 2.24) is 15.3 Å². The van der Waals surface area contributed by atoms with Gasteiger partial charge in [0.05, 0.1) is 12.0 Å². The molecule has 1 aliphatic heterocycles. The Morgan fingerprint density at radius 1 is 1.13 bits per heavy atom. The third-order valence-corrected chi connectivity index (χ3v) is 6.41. The van der Waals surface area contributed by atoms with Gasteiger partial charge in [0.1, 0.15) is 18.2 Å². The summed E-state index contributed by atoms with van der Waals surface area (Å²) in [6.07, 6.45) is 6.25. The number of aromatic nitrogens is 2. The minimum absolute atomic E-state index is 0.0718. The largest absolute Gasteiger partial charge is 0.476 e. The normalized spacial score (nSPS) is 17.9. The van der Waals surface area contributed by atoms with E-state index in [1.54, 1.807) is 0 Å². The van der Waals surface area contributed by atoms with Crippen molar-refractivity contribution in [3.8, 4) is 5.88 Å². The quantitative estimate of drug-likeness (QED) is 0.674. The fourth-order valence-electron chi connectivity index (χ4n) is 4.59. The van der Waals surface area contributed by atoms with Crippen molar-refractivity contribution >= 4 is 23.3 Å². The molecule has 160 valence electrons. The lowest BCUT2D eigenvalue weighted by Crippen LogP contribution is -2.44. The molecule has 4 rings (SSSR count). The number of halogens is 1. The van der Waals surface area contributed by atoms with Crippen LogP contribution in [0.15, 0.2) is 30.3 Å². The van der Waals surface area contributed by atoms with Crippen LogP contribution in [0, 0.1) is 6.92 Å². The van der Waals surface area contributed by atoms with E-state index in [0.29, 0.717) is 29.9 Å². The number of nitrogens with zero attached hydrogens (tertiary/aromatic N) is 3. The SMILES string of the molecule is Cc1nc(OCCNC(=O)C2(c3ccc(Cl)cc3)CCCC2)cc(N2CCCC2)n1. The molecule has 0 radical (unpaired) electrons. The predicted octanol–water partition coefficient (Wildman–Crippen LogP) is 4.05. The molecule has 2 aromatic rings. The molecule has 1 amide bonds. The van der Waals surface area contributed by atoms with Gasteiger partial charge in [-0.15, -0.1) is 0 Å². The number of aryl methyl sites for hydroxylation is 1. The summed E-state index contributed by atoms with van der Waals surface area (Å²) < 4.78 is 5.84. The first-order valence-electron chi connectivity index (χ1n) is 10.8. The molecule has 1 aliphatic carbocycles. The van der Waals surface area contributed by atoms with Gasteiger partial charge in [0.15, 0.2) is 0 Å². The molecule has 2 aliphatic rings.